The summed E-state index contributed by atoms with van der Waals surface area (Å²) in [5, 5.41) is 5.69. The summed E-state index contributed by atoms with van der Waals surface area (Å²) < 4.78 is 14.0. The molecule has 0 unspecified atom stereocenters. The van der Waals surface area contributed by atoms with Crippen molar-refractivity contribution in [3.05, 3.63) is 18.1 Å². The quantitative estimate of drug-likeness (QED) is 0.788. The van der Waals surface area contributed by atoms with Crippen molar-refractivity contribution >= 4 is 28.8 Å². The van der Waals surface area contributed by atoms with Gasteiger partial charge in [-0.2, -0.15) is 4.98 Å². The van der Waals surface area contributed by atoms with Crippen LogP contribution in [0.3, 0.4) is 0 Å². The lowest BCUT2D eigenvalue weighted by atomic mass is 9.96. The number of rotatable bonds is 2. The number of nitrogens with one attached hydrogen (secondary N) is 2. The zero-order chi connectivity index (χ0) is 15.5. The summed E-state index contributed by atoms with van der Waals surface area (Å²) in [5.74, 6) is -0.761. The fraction of sp³-hybridized carbons (Fsp3) is 0.429. The van der Waals surface area contributed by atoms with Gasteiger partial charge in [-0.05, 0) is 18.9 Å². The summed E-state index contributed by atoms with van der Waals surface area (Å²) in [5.41, 5.74) is 5.72. The summed E-state index contributed by atoms with van der Waals surface area (Å²) in [6.45, 7) is 0. The predicted molar refractivity (Wildman–Crippen MR) is 80.7 cm³/mol. The monoisotopic (exact) mass is 304 g/mol. The number of hydrogen-bond acceptors (Lipinski definition) is 5. The number of anilines is 2. The third kappa shape index (κ3) is 3.21. The molecule has 0 bridgehead atoms. The van der Waals surface area contributed by atoms with Crippen LogP contribution in [0.1, 0.15) is 32.1 Å². The molecule has 1 fully saturated rings. The Morgan fingerprint density at radius 2 is 2.05 bits per heavy atom. The molecule has 2 amide bonds. The van der Waals surface area contributed by atoms with E-state index in [-0.39, 0.29) is 23.5 Å². The molecule has 0 saturated heterocycles. The van der Waals surface area contributed by atoms with Crippen LogP contribution in [0.15, 0.2) is 12.3 Å². The highest BCUT2D eigenvalue weighted by molar-refractivity contribution is 5.90. The second-order valence-corrected chi connectivity index (χ2v) is 5.39. The SMILES string of the molecule is Nc1ncc2cc(F)c(NC(=O)NC3CCCCC3)nc2n1. The second kappa shape index (κ2) is 6.08. The average Bonchev–Trinajstić information content (AvgIpc) is 2.49. The Hall–Kier alpha value is -2.51. The van der Waals surface area contributed by atoms with Crippen molar-refractivity contribution in [2.75, 3.05) is 11.1 Å². The molecule has 0 aromatic carbocycles. The highest BCUT2D eigenvalue weighted by Crippen LogP contribution is 2.19. The molecule has 22 heavy (non-hydrogen) atoms. The van der Waals surface area contributed by atoms with Gasteiger partial charge in [0.25, 0.3) is 0 Å². The minimum atomic E-state index is -0.639. The van der Waals surface area contributed by atoms with Crippen LogP contribution in [-0.4, -0.2) is 27.0 Å². The lowest BCUT2D eigenvalue weighted by Crippen LogP contribution is -2.39. The standard InChI is InChI=1S/C14H17FN6O/c15-10-6-8-7-17-13(16)20-11(8)19-12(10)21-14(22)18-9-4-2-1-3-5-9/h6-7,9H,1-5H2,(H4,16,17,18,19,20,21,22). The first-order valence-electron chi connectivity index (χ1n) is 7.28. The molecule has 0 spiro atoms. The second-order valence-electron chi connectivity index (χ2n) is 5.39. The summed E-state index contributed by atoms with van der Waals surface area (Å²) in [4.78, 5) is 23.6. The van der Waals surface area contributed by atoms with Gasteiger partial charge in [0.15, 0.2) is 17.3 Å². The maximum Gasteiger partial charge on any atom is 0.320 e. The smallest absolute Gasteiger partial charge is 0.320 e. The fourth-order valence-electron chi connectivity index (χ4n) is 2.61. The van der Waals surface area contributed by atoms with Crippen LogP contribution in [0.25, 0.3) is 11.0 Å². The zero-order valence-electron chi connectivity index (χ0n) is 12.0. The van der Waals surface area contributed by atoms with Crippen molar-refractivity contribution in [2.24, 2.45) is 0 Å². The molecular weight excluding hydrogens is 287 g/mol. The van der Waals surface area contributed by atoms with Crippen molar-refractivity contribution in [3.63, 3.8) is 0 Å². The number of fused-ring (bicyclic) bond motifs is 1. The van der Waals surface area contributed by atoms with E-state index in [1.807, 2.05) is 0 Å². The van der Waals surface area contributed by atoms with Gasteiger partial charge in [-0.3, -0.25) is 5.32 Å². The van der Waals surface area contributed by atoms with Gasteiger partial charge in [-0.25, -0.2) is 19.2 Å². The van der Waals surface area contributed by atoms with E-state index in [0.717, 1.165) is 25.7 Å². The van der Waals surface area contributed by atoms with Gasteiger partial charge in [0.1, 0.15) is 0 Å². The number of pyridine rings is 1. The van der Waals surface area contributed by atoms with Gasteiger partial charge in [-0.15, -0.1) is 0 Å². The lowest BCUT2D eigenvalue weighted by Gasteiger charge is -2.22. The molecule has 116 valence electrons. The van der Waals surface area contributed by atoms with Crippen molar-refractivity contribution < 1.29 is 9.18 Å². The number of urea groups is 1. The Labute approximate surface area is 126 Å². The maximum absolute atomic E-state index is 14.0. The van der Waals surface area contributed by atoms with Crippen LogP contribution < -0.4 is 16.4 Å². The maximum atomic E-state index is 14.0. The number of nitrogen functional groups attached to an aromatic ring is 1. The van der Waals surface area contributed by atoms with E-state index in [4.69, 9.17) is 5.73 Å². The topological polar surface area (TPSA) is 106 Å². The Bertz CT molecular complexity index is 701. The van der Waals surface area contributed by atoms with Crippen LogP contribution in [0.4, 0.5) is 21.0 Å². The molecule has 2 heterocycles. The van der Waals surface area contributed by atoms with Crippen molar-refractivity contribution in [3.8, 4) is 0 Å². The van der Waals surface area contributed by atoms with E-state index in [1.165, 1.54) is 18.7 Å². The molecule has 0 radical (unpaired) electrons. The van der Waals surface area contributed by atoms with Gasteiger partial charge in [0.05, 0.1) is 0 Å². The number of aromatic nitrogens is 3. The summed E-state index contributed by atoms with van der Waals surface area (Å²) in [6, 6.07) is 0.896. The number of carbonyl (C=O) groups is 1. The molecule has 0 aliphatic heterocycles. The number of nitrogens with two attached hydrogens (primary N) is 1. The average molecular weight is 304 g/mol. The third-order valence-electron chi connectivity index (χ3n) is 3.71. The molecule has 1 aliphatic rings. The molecule has 0 atom stereocenters. The molecule has 1 saturated carbocycles. The van der Waals surface area contributed by atoms with Gasteiger partial charge in [-0.1, -0.05) is 19.3 Å². The number of hydrogen-bond donors (Lipinski definition) is 3. The first-order chi connectivity index (χ1) is 10.6. The van der Waals surface area contributed by atoms with Gasteiger partial charge >= 0.3 is 6.03 Å². The van der Waals surface area contributed by atoms with Gasteiger partial charge < -0.3 is 11.1 Å². The van der Waals surface area contributed by atoms with Crippen LogP contribution in [0, 0.1) is 5.82 Å². The van der Waals surface area contributed by atoms with Crippen LogP contribution in [-0.2, 0) is 0 Å². The normalized spacial score (nSPS) is 15.7. The molecule has 7 nitrogen and oxygen atoms in total. The Balaban J connectivity index is 1.74. The Morgan fingerprint density at radius 3 is 2.82 bits per heavy atom. The van der Waals surface area contributed by atoms with Crippen LogP contribution in [0.5, 0.6) is 0 Å². The molecule has 4 N–H and O–H groups in total. The highest BCUT2D eigenvalue weighted by atomic mass is 19.1. The van der Waals surface area contributed by atoms with Gasteiger partial charge in [0, 0.05) is 17.6 Å². The summed E-state index contributed by atoms with van der Waals surface area (Å²) in [6.07, 6.45) is 6.69. The van der Waals surface area contributed by atoms with Crippen LogP contribution >= 0.6 is 0 Å². The van der Waals surface area contributed by atoms with E-state index in [9.17, 15) is 9.18 Å². The van der Waals surface area contributed by atoms with E-state index >= 15 is 0 Å². The largest absolute Gasteiger partial charge is 0.368 e. The molecule has 8 heteroatoms. The minimum absolute atomic E-state index is 0.0456. The predicted octanol–water partition coefficient (Wildman–Crippen LogP) is 2.20. The Kier molecular flexibility index (Phi) is 3.99. The van der Waals surface area contributed by atoms with Crippen molar-refractivity contribution in [1.29, 1.82) is 0 Å². The van der Waals surface area contributed by atoms with Crippen LogP contribution in [0.2, 0.25) is 0 Å². The van der Waals surface area contributed by atoms with E-state index in [0.29, 0.717) is 5.39 Å². The molecule has 2 aromatic heterocycles. The number of halogens is 1. The molecular formula is C14H17FN6O. The lowest BCUT2D eigenvalue weighted by molar-refractivity contribution is 0.244. The fourth-order valence-corrected chi connectivity index (χ4v) is 2.61. The Morgan fingerprint density at radius 1 is 1.27 bits per heavy atom. The first kappa shape index (κ1) is 14.4. The summed E-state index contributed by atoms with van der Waals surface area (Å²) >= 11 is 0. The first-order valence-corrected chi connectivity index (χ1v) is 7.28. The van der Waals surface area contributed by atoms with Gasteiger partial charge in [0.2, 0.25) is 5.95 Å². The molecule has 2 aromatic rings. The zero-order valence-corrected chi connectivity index (χ0v) is 12.0. The van der Waals surface area contributed by atoms with E-state index < -0.39 is 11.8 Å². The van der Waals surface area contributed by atoms with Crippen molar-refractivity contribution in [1.82, 2.24) is 20.3 Å². The minimum Gasteiger partial charge on any atom is -0.368 e. The summed E-state index contributed by atoms with van der Waals surface area (Å²) in [7, 11) is 0. The number of carbonyl (C=O) groups excluding carboxylic acids is 1. The third-order valence-corrected chi connectivity index (χ3v) is 3.71. The van der Waals surface area contributed by atoms with Crippen molar-refractivity contribution in [2.45, 2.75) is 38.1 Å². The number of amides is 2. The number of nitrogens with zero attached hydrogens (tertiary/aromatic N) is 3. The molecule has 3 rings (SSSR count). The van der Waals surface area contributed by atoms with E-state index in [1.54, 1.807) is 0 Å². The highest BCUT2D eigenvalue weighted by Gasteiger charge is 2.17. The molecule has 1 aliphatic carbocycles. The van der Waals surface area contributed by atoms with E-state index in [2.05, 4.69) is 25.6 Å².